The van der Waals surface area contributed by atoms with Gasteiger partial charge in [-0.25, -0.2) is 4.39 Å². The van der Waals surface area contributed by atoms with Crippen molar-refractivity contribution in [3.63, 3.8) is 0 Å². The number of amides is 1. The maximum absolute atomic E-state index is 14.7. The number of piperidine rings is 1. The molecule has 2 fully saturated rings. The van der Waals surface area contributed by atoms with E-state index >= 15 is 0 Å². The Hall–Kier alpha value is -1.08. The van der Waals surface area contributed by atoms with Crippen LogP contribution >= 0.6 is 23.2 Å². The lowest BCUT2D eigenvalue weighted by atomic mass is 9.88. The zero-order valence-corrected chi connectivity index (χ0v) is 17.5. The predicted octanol–water partition coefficient (Wildman–Crippen LogP) is 2.58. The van der Waals surface area contributed by atoms with Crippen LogP contribution in [0.15, 0.2) is 34.0 Å². The highest BCUT2D eigenvalue weighted by Crippen LogP contribution is 2.40. The SMILES string of the molecule is CC1(C2=C(Cl)CCCC2F)NC2=CC(C(=O)NC3CCNCC3)=CC(Cl)[C@@H]2N1. The molecule has 0 aromatic rings. The molecule has 0 saturated carbocycles. The first-order valence-corrected chi connectivity index (χ1v) is 10.9. The van der Waals surface area contributed by atoms with Gasteiger partial charge in [0.2, 0.25) is 0 Å². The fraction of sp³-hybridized carbons (Fsp3) is 0.650. The van der Waals surface area contributed by atoms with E-state index in [0.29, 0.717) is 29.0 Å². The van der Waals surface area contributed by atoms with Crippen molar-refractivity contribution in [2.45, 2.75) is 68.3 Å². The molecule has 4 rings (SSSR count). The zero-order valence-electron chi connectivity index (χ0n) is 16.0. The van der Waals surface area contributed by atoms with E-state index in [-0.39, 0.29) is 18.0 Å². The summed E-state index contributed by atoms with van der Waals surface area (Å²) in [6, 6.07) is -0.0360. The smallest absolute Gasteiger partial charge is 0.251 e. The minimum absolute atomic E-state index is 0.114. The van der Waals surface area contributed by atoms with Gasteiger partial charge in [0.1, 0.15) is 11.8 Å². The molecule has 8 heteroatoms. The Kier molecular flexibility index (Phi) is 5.76. The van der Waals surface area contributed by atoms with Crippen molar-refractivity contribution in [3.8, 4) is 0 Å². The fourth-order valence-corrected chi connectivity index (χ4v) is 5.42. The summed E-state index contributed by atoms with van der Waals surface area (Å²) >= 11 is 13.0. The molecule has 2 aliphatic heterocycles. The third-order valence-corrected chi connectivity index (χ3v) is 6.85. The van der Waals surface area contributed by atoms with Crippen molar-refractivity contribution in [2.24, 2.45) is 0 Å². The van der Waals surface area contributed by atoms with Crippen LogP contribution in [-0.4, -0.2) is 48.3 Å². The monoisotopic (exact) mass is 428 g/mol. The van der Waals surface area contributed by atoms with E-state index in [1.807, 2.05) is 13.0 Å². The normalized spacial score (nSPS) is 36.4. The molecule has 1 amide bonds. The molecule has 2 aliphatic carbocycles. The van der Waals surface area contributed by atoms with Gasteiger partial charge in [0.15, 0.2) is 0 Å². The number of allylic oxidation sites excluding steroid dienone is 1. The second-order valence-corrected chi connectivity index (χ2v) is 9.17. The molecule has 0 aromatic carbocycles. The average molecular weight is 429 g/mol. The van der Waals surface area contributed by atoms with E-state index in [1.165, 1.54) is 0 Å². The Labute approximate surface area is 175 Å². The van der Waals surface area contributed by atoms with Crippen LogP contribution in [-0.2, 0) is 4.79 Å². The van der Waals surface area contributed by atoms with Crippen LogP contribution in [0.3, 0.4) is 0 Å². The number of rotatable bonds is 3. The van der Waals surface area contributed by atoms with Gasteiger partial charge in [0.05, 0.1) is 11.4 Å². The molecule has 2 heterocycles. The van der Waals surface area contributed by atoms with E-state index in [0.717, 1.165) is 38.0 Å². The van der Waals surface area contributed by atoms with Crippen LogP contribution in [0.1, 0.15) is 39.0 Å². The Morgan fingerprint density at radius 2 is 2.07 bits per heavy atom. The number of nitrogens with one attached hydrogen (secondary N) is 4. The van der Waals surface area contributed by atoms with Crippen molar-refractivity contribution >= 4 is 29.1 Å². The van der Waals surface area contributed by atoms with Crippen molar-refractivity contribution in [1.29, 1.82) is 0 Å². The van der Waals surface area contributed by atoms with Crippen LogP contribution in [0.5, 0.6) is 0 Å². The van der Waals surface area contributed by atoms with Crippen LogP contribution < -0.4 is 21.3 Å². The second kappa shape index (κ2) is 7.98. The Morgan fingerprint density at radius 1 is 1.32 bits per heavy atom. The third-order valence-electron chi connectivity index (χ3n) is 6.08. The second-order valence-electron chi connectivity index (χ2n) is 8.21. The lowest BCUT2D eigenvalue weighted by Gasteiger charge is -2.34. The Balaban J connectivity index is 1.52. The number of hydrogen-bond donors (Lipinski definition) is 4. The molecule has 0 spiro atoms. The van der Waals surface area contributed by atoms with Gasteiger partial charge in [-0.1, -0.05) is 17.7 Å². The van der Waals surface area contributed by atoms with Crippen LogP contribution in [0.4, 0.5) is 4.39 Å². The summed E-state index contributed by atoms with van der Waals surface area (Å²) in [6.07, 6.45) is 6.27. The first kappa shape index (κ1) is 20.2. The molecule has 4 atom stereocenters. The third kappa shape index (κ3) is 3.84. The molecule has 3 unspecified atom stereocenters. The van der Waals surface area contributed by atoms with Crippen LogP contribution in [0, 0.1) is 0 Å². The summed E-state index contributed by atoms with van der Waals surface area (Å²) in [6.45, 7) is 3.71. The zero-order chi connectivity index (χ0) is 19.9. The van der Waals surface area contributed by atoms with Gasteiger partial charge in [0.25, 0.3) is 5.91 Å². The maximum Gasteiger partial charge on any atom is 0.251 e. The average Bonchev–Trinajstić information content (AvgIpc) is 3.00. The highest BCUT2D eigenvalue weighted by Gasteiger charge is 2.47. The number of carbonyl (C=O) groups is 1. The quantitative estimate of drug-likeness (QED) is 0.521. The van der Waals surface area contributed by atoms with E-state index in [9.17, 15) is 9.18 Å². The largest absolute Gasteiger partial charge is 0.366 e. The highest BCUT2D eigenvalue weighted by molar-refractivity contribution is 6.30. The van der Waals surface area contributed by atoms with Crippen molar-refractivity contribution in [3.05, 3.63) is 34.0 Å². The molecule has 4 aliphatic rings. The molecule has 28 heavy (non-hydrogen) atoms. The number of carbonyl (C=O) groups excluding carboxylic acids is 1. The lowest BCUT2D eigenvalue weighted by molar-refractivity contribution is -0.118. The molecule has 4 N–H and O–H groups in total. The van der Waals surface area contributed by atoms with Crippen molar-refractivity contribution in [2.75, 3.05) is 13.1 Å². The van der Waals surface area contributed by atoms with Crippen LogP contribution in [0.25, 0.3) is 0 Å². The predicted molar refractivity (Wildman–Crippen MR) is 110 cm³/mol. The summed E-state index contributed by atoms with van der Waals surface area (Å²) in [5.74, 6) is -0.114. The van der Waals surface area contributed by atoms with E-state index < -0.39 is 17.2 Å². The van der Waals surface area contributed by atoms with E-state index in [4.69, 9.17) is 23.2 Å². The van der Waals surface area contributed by atoms with Crippen LogP contribution in [0.2, 0.25) is 0 Å². The standard InChI is InChI=1S/C20H27Cl2FN4O/c1-20(17-13(21)3-2-4-15(17)23)26-16-10-11(9-14(22)18(16)27-20)19(28)25-12-5-7-24-8-6-12/h9-10,12,14-15,18,24,26-27H,2-8H2,1H3,(H,25,28)/t14?,15?,18-,20?/m0/s1. The minimum atomic E-state index is -1.09. The van der Waals surface area contributed by atoms with Gasteiger partial charge >= 0.3 is 0 Å². The Morgan fingerprint density at radius 3 is 2.79 bits per heavy atom. The van der Waals surface area contributed by atoms with Crippen molar-refractivity contribution < 1.29 is 9.18 Å². The van der Waals surface area contributed by atoms with Gasteiger partial charge in [-0.15, -0.1) is 11.6 Å². The van der Waals surface area contributed by atoms with Gasteiger partial charge in [0, 0.05) is 27.9 Å². The molecule has 5 nitrogen and oxygen atoms in total. The molecule has 0 bridgehead atoms. The highest BCUT2D eigenvalue weighted by atomic mass is 35.5. The summed E-state index contributed by atoms with van der Waals surface area (Å²) in [5.41, 5.74) is 1.09. The topological polar surface area (TPSA) is 65.2 Å². The number of hydrogen-bond acceptors (Lipinski definition) is 4. The number of alkyl halides is 2. The fourth-order valence-electron chi connectivity index (χ4n) is 4.64. The van der Waals surface area contributed by atoms with E-state index in [1.54, 1.807) is 6.08 Å². The Bertz CT molecular complexity index is 746. The van der Waals surface area contributed by atoms with Crippen molar-refractivity contribution in [1.82, 2.24) is 21.3 Å². The molecular weight excluding hydrogens is 402 g/mol. The van der Waals surface area contributed by atoms with Gasteiger partial charge in [-0.05, 0) is 58.2 Å². The first-order valence-electron chi connectivity index (χ1n) is 10.1. The maximum atomic E-state index is 14.7. The van der Waals surface area contributed by atoms with Gasteiger partial charge < -0.3 is 16.0 Å². The lowest BCUT2D eigenvalue weighted by Crippen LogP contribution is -2.52. The van der Waals surface area contributed by atoms with Gasteiger partial charge in [-0.2, -0.15) is 0 Å². The van der Waals surface area contributed by atoms with Gasteiger partial charge in [-0.3, -0.25) is 10.1 Å². The molecule has 2 saturated heterocycles. The molecule has 0 aromatic heterocycles. The summed E-state index contributed by atoms with van der Waals surface area (Å²) < 4.78 is 14.7. The summed E-state index contributed by atoms with van der Waals surface area (Å²) in [5, 5.41) is 13.3. The summed E-state index contributed by atoms with van der Waals surface area (Å²) in [4.78, 5) is 12.7. The molecule has 154 valence electrons. The van der Waals surface area contributed by atoms with E-state index in [2.05, 4.69) is 21.3 Å². The molecule has 0 radical (unpaired) electrons. The first-order chi connectivity index (χ1) is 13.4. The molecular formula is C20H27Cl2FN4O. The minimum Gasteiger partial charge on any atom is -0.366 e. The number of fused-ring (bicyclic) bond motifs is 1. The summed E-state index contributed by atoms with van der Waals surface area (Å²) in [7, 11) is 0. The number of halogens is 3.